The van der Waals surface area contributed by atoms with Crippen molar-refractivity contribution in [1.82, 2.24) is 0 Å². The van der Waals surface area contributed by atoms with Gasteiger partial charge in [0.1, 0.15) is 0 Å². The van der Waals surface area contributed by atoms with Crippen molar-refractivity contribution in [2.45, 2.75) is 59.3 Å². The maximum atomic E-state index is 4.73. The monoisotopic (exact) mass is 233 g/mol. The van der Waals surface area contributed by atoms with E-state index in [-0.39, 0.29) is 0 Å². The molecule has 96 valence electrons. The van der Waals surface area contributed by atoms with E-state index in [9.17, 15) is 0 Å². The van der Waals surface area contributed by atoms with Crippen LogP contribution in [0.1, 0.15) is 59.3 Å². The summed E-state index contributed by atoms with van der Waals surface area (Å²) in [4.78, 5) is 4.73. The molecule has 1 aliphatic rings. The molecule has 0 saturated carbocycles. The van der Waals surface area contributed by atoms with E-state index >= 15 is 0 Å². The van der Waals surface area contributed by atoms with Crippen molar-refractivity contribution in [2.75, 3.05) is 0 Å². The van der Waals surface area contributed by atoms with Crippen LogP contribution in [-0.2, 0) is 0 Å². The summed E-state index contributed by atoms with van der Waals surface area (Å²) in [5, 5.41) is 0. The summed E-state index contributed by atoms with van der Waals surface area (Å²) in [5.74, 6) is 1.24. The third-order valence-electron chi connectivity index (χ3n) is 3.48. The zero-order chi connectivity index (χ0) is 12.7. The lowest BCUT2D eigenvalue weighted by Gasteiger charge is -2.14. The molecule has 2 unspecified atom stereocenters. The Balaban J connectivity index is 2.82. The second-order valence-corrected chi connectivity index (χ2v) is 5.37. The Bertz CT molecular complexity index is 299. The first-order chi connectivity index (χ1) is 8.13. The van der Waals surface area contributed by atoms with E-state index in [0.29, 0.717) is 11.8 Å². The molecular formula is C16H27N. The van der Waals surface area contributed by atoms with Crippen LogP contribution in [0.25, 0.3) is 0 Å². The van der Waals surface area contributed by atoms with Crippen molar-refractivity contribution >= 4 is 5.71 Å². The van der Waals surface area contributed by atoms with Crippen LogP contribution in [-0.4, -0.2) is 5.71 Å². The highest BCUT2D eigenvalue weighted by Crippen LogP contribution is 2.19. The molecule has 0 radical (unpaired) electrons. The third kappa shape index (κ3) is 5.34. The molecule has 0 amide bonds. The molecule has 17 heavy (non-hydrogen) atoms. The Morgan fingerprint density at radius 2 is 2.24 bits per heavy atom. The van der Waals surface area contributed by atoms with Crippen molar-refractivity contribution in [3.63, 3.8) is 0 Å². The molecule has 0 bridgehead atoms. The van der Waals surface area contributed by atoms with Gasteiger partial charge in [0.15, 0.2) is 0 Å². The summed E-state index contributed by atoms with van der Waals surface area (Å²) in [6, 6.07) is 0. The quantitative estimate of drug-likeness (QED) is 0.639. The topological polar surface area (TPSA) is 12.4 Å². The Morgan fingerprint density at radius 1 is 1.47 bits per heavy atom. The highest BCUT2D eigenvalue weighted by Gasteiger charge is 2.09. The van der Waals surface area contributed by atoms with Crippen LogP contribution in [0.15, 0.2) is 29.4 Å². The number of rotatable bonds is 3. The lowest BCUT2D eigenvalue weighted by molar-refractivity contribution is 0.577. The lowest BCUT2D eigenvalue weighted by Crippen LogP contribution is -2.10. The average molecular weight is 233 g/mol. The van der Waals surface area contributed by atoms with E-state index in [0.717, 1.165) is 12.1 Å². The fraction of sp³-hybridized carbons (Fsp3) is 0.688. The molecule has 1 rings (SSSR count). The summed E-state index contributed by atoms with van der Waals surface area (Å²) in [5.41, 5.74) is 2.28. The van der Waals surface area contributed by atoms with Gasteiger partial charge in [-0.3, -0.25) is 4.99 Å². The molecule has 0 aromatic carbocycles. The highest BCUT2D eigenvalue weighted by atomic mass is 14.8. The van der Waals surface area contributed by atoms with Gasteiger partial charge in [-0.15, -0.1) is 0 Å². The standard InChI is InChI=1S/C16H27N/c1-5-8-14(3)16-12-11-13(2)9-6-7-10-15(4)17-16/h11-14H,4-10H2,1-3H3/b12-11-,17-16+. The van der Waals surface area contributed by atoms with Crippen LogP contribution in [0.4, 0.5) is 0 Å². The van der Waals surface area contributed by atoms with Crippen molar-refractivity contribution in [3.8, 4) is 0 Å². The Kier molecular flexibility index (Phi) is 6.25. The fourth-order valence-corrected chi connectivity index (χ4v) is 2.29. The van der Waals surface area contributed by atoms with E-state index < -0.39 is 0 Å². The molecule has 0 fully saturated rings. The van der Waals surface area contributed by atoms with Gasteiger partial charge in [0, 0.05) is 11.4 Å². The molecule has 0 aromatic rings. The molecule has 1 nitrogen and oxygen atoms in total. The van der Waals surface area contributed by atoms with Crippen molar-refractivity contribution < 1.29 is 0 Å². The lowest BCUT2D eigenvalue weighted by atomic mass is 9.95. The van der Waals surface area contributed by atoms with Crippen LogP contribution in [0.3, 0.4) is 0 Å². The van der Waals surface area contributed by atoms with Crippen LogP contribution in [0, 0.1) is 11.8 Å². The molecule has 0 N–H and O–H groups in total. The predicted molar refractivity (Wildman–Crippen MR) is 77.4 cm³/mol. The first kappa shape index (κ1) is 14.2. The number of hydrogen-bond donors (Lipinski definition) is 0. The van der Waals surface area contributed by atoms with Gasteiger partial charge >= 0.3 is 0 Å². The molecule has 1 aliphatic heterocycles. The maximum absolute atomic E-state index is 4.73. The molecular weight excluding hydrogens is 206 g/mol. The highest BCUT2D eigenvalue weighted by molar-refractivity contribution is 5.97. The fourth-order valence-electron chi connectivity index (χ4n) is 2.29. The van der Waals surface area contributed by atoms with Gasteiger partial charge in [-0.05, 0) is 43.6 Å². The number of hydrogen-bond acceptors (Lipinski definition) is 1. The molecule has 0 aliphatic carbocycles. The maximum Gasteiger partial charge on any atom is 0.0431 e. The van der Waals surface area contributed by atoms with Crippen molar-refractivity contribution in [1.29, 1.82) is 0 Å². The Hall–Kier alpha value is -0.850. The van der Waals surface area contributed by atoms with Crippen LogP contribution in [0.2, 0.25) is 0 Å². The van der Waals surface area contributed by atoms with Gasteiger partial charge in [0.2, 0.25) is 0 Å². The van der Waals surface area contributed by atoms with Gasteiger partial charge < -0.3 is 0 Å². The molecule has 1 heteroatoms. The first-order valence-corrected chi connectivity index (χ1v) is 7.08. The predicted octanol–water partition coefficient (Wildman–Crippen LogP) is 5.14. The van der Waals surface area contributed by atoms with Gasteiger partial charge in [-0.2, -0.15) is 0 Å². The van der Waals surface area contributed by atoms with Crippen molar-refractivity contribution in [2.24, 2.45) is 16.8 Å². The zero-order valence-corrected chi connectivity index (χ0v) is 11.7. The first-order valence-electron chi connectivity index (χ1n) is 7.08. The average Bonchev–Trinajstić information content (AvgIpc) is 2.30. The Labute approximate surface area is 107 Å². The summed E-state index contributed by atoms with van der Waals surface area (Å²) < 4.78 is 0. The number of aliphatic imine (C=N–C) groups is 1. The normalized spacial score (nSPS) is 29.2. The molecule has 0 aromatic heterocycles. The molecule has 2 atom stereocenters. The minimum absolute atomic E-state index is 0.555. The second kappa shape index (κ2) is 7.47. The van der Waals surface area contributed by atoms with Gasteiger partial charge in [0.25, 0.3) is 0 Å². The number of nitrogens with zero attached hydrogens (tertiary/aromatic N) is 1. The van der Waals surface area contributed by atoms with Gasteiger partial charge in [0.05, 0.1) is 0 Å². The van der Waals surface area contributed by atoms with Crippen LogP contribution >= 0.6 is 0 Å². The minimum Gasteiger partial charge on any atom is -0.258 e. The van der Waals surface area contributed by atoms with E-state index in [4.69, 9.17) is 4.99 Å². The Morgan fingerprint density at radius 3 is 2.94 bits per heavy atom. The smallest absolute Gasteiger partial charge is 0.0431 e. The third-order valence-corrected chi connectivity index (χ3v) is 3.48. The van der Waals surface area contributed by atoms with E-state index in [1.165, 1.54) is 37.8 Å². The largest absolute Gasteiger partial charge is 0.258 e. The minimum atomic E-state index is 0.555. The van der Waals surface area contributed by atoms with Crippen LogP contribution < -0.4 is 0 Å². The summed E-state index contributed by atoms with van der Waals surface area (Å²) in [6.45, 7) is 10.9. The van der Waals surface area contributed by atoms with E-state index in [1.807, 2.05) is 0 Å². The summed E-state index contributed by atoms with van der Waals surface area (Å²) in [6.07, 6.45) is 11.9. The number of allylic oxidation sites excluding steroid dienone is 3. The van der Waals surface area contributed by atoms with Gasteiger partial charge in [-0.25, -0.2) is 0 Å². The summed E-state index contributed by atoms with van der Waals surface area (Å²) in [7, 11) is 0. The molecule has 0 saturated heterocycles. The second-order valence-electron chi connectivity index (χ2n) is 5.37. The zero-order valence-electron chi connectivity index (χ0n) is 11.7. The van der Waals surface area contributed by atoms with Gasteiger partial charge in [-0.1, -0.05) is 46.3 Å². The SMILES string of the molecule is C=C1CCCCC(C)/C=C\C(C(C)CCC)=N/1. The molecule has 1 heterocycles. The molecule has 0 spiro atoms. The van der Waals surface area contributed by atoms with Crippen molar-refractivity contribution in [3.05, 3.63) is 24.4 Å². The van der Waals surface area contributed by atoms with E-state index in [1.54, 1.807) is 0 Å². The van der Waals surface area contributed by atoms with Crippen LogP contribution in [0.5, 0.6) is 0 Å². The summed E-state index contributed by atoms with van der Waals surface area (Å²) >= 11 is 0. The van der Waals surface area contributed by atoms with E-state index in [2.05, 4.69) is 39.5 Å².